The minimum atomic E-state index is -0.329. The van der Waals surface area contributed by atoms with Crippen LogP contribution in [0.25, 0.3) is 0 Å². The molecule has 24 heavy (non-hydrogen) atoms. The summed E-state index contributed by atoms with van der Waals surface area (Å²) in [6.07, 6.45) is 1.36. The third-order valence-electron chi connectivity index (χ3n) is 3.80. The average molecular weight is 330 g/mol. The number of nitrogens with zero attached hydrogens (tertiary/aromatic N) is 3. The monoisotopic (exact) mass is 330 g/mol. The Labute approximate surface area is 136 Å². The van der Waals surface area contributed by atoms with Crippen molar-refractivity contribution in [1.82, 2.24) is 10.1 Å². The zero-order chi connectivity index (χ0) is 16.5. The Bertz CT molecular complexity index is 776. The lowest BCUT2D eigenvalue weighted by atomic mass is 10.2. The molecule has 9 heteroatoms. The molecule has 1 saturated heterocycles. The van der Waals surface area contributed by atoms with Gasteiger partial charge in [0.25, 0.3) is 0 Å². The summed E-state index contributed by atoms with van der Waals surface area (Å²) < 4.78 is 15.2. The summed E-state index contributed by atoms with van der Waals surface area (Å²) in [5.41, 5.74) is 0.712. The fourth-order valence-corrected chi connectivity index (χ4v) is 2.65. The zero-order valence-corrected chi connectivity index (χ0v) is 12.6. The van der Waals surface area contributed by atoms with Gasteiger partial charge in [0.05, 0.1) is 0 Å². The van der Waals surface area contributed by atoms with Crippen molar-refractivity contribution in [3.8, 4) is 11.5 Å². The van der Waals surface area contributed by atoms with Crippen molar-refractivity contribution in [1.29, 1.82) is 0 Å². The van der Waals surface area contributed by atoms with Gasteiger partial charge in [-0.05, 0) is 12.1 Å². The van der Waals surface area contributed by atoms with Gasteiger partial charge in [-0.1, -0.05) is 5.16 Å². The lowest BCUT2D eigenvalue weighted by Gasteiger charge is -2.18. The third kappa shape index (κ3) is 2.60. The number of nitrogens with one attached hydrogen (secondary N) is 1. The summed E-state index contributed by atoms with van der Waals surface area (Å²) in [6.45, 7) is 1.09. The van der Waals surface area contributed by atoms with Crippen LogP contribution in [0.3, 0.4) is 0 Å². The number of ether oxygens (including phenoxy) is 2. The molecule has 3 amide bonds. The predicted octanol–water partition coefficient (Wildman–Crippen LogP) is 1.28. The molecule has 0 saturated carbocycles. The fourth-order valence-electron chi connectivity index (χ4n) is 2.65. The highest BCUT2D eigenvalue weighted by molar-refractivity contribution is 5.99. The highest BCUT2D eigenvalue weighted by Gasteiger charge is 2.31. The van der Waals surface area contributed by atoms with Gasteiger partial charge in [0.1, 0.15) is 12.8 Å². The Morgan fingerprint density at radius 2 is 2.08 bits per heavy atom. The standard InChI is InChI=1S/C15H14N4O5/c20-14(16-13-3-6-24-17-13)8-18-4-5-19(15(18)21)10-1-2-11-12(7-10)23-9-22-11/h1-3,6-7H,4-5,8-9H2,(H,16,17,20). The van der Waals surface area contributed by atoms with Crippen LogP contribution in [0.2, 0.25) is 0 Å². The molecule has 0 radical (unpaired) electrons. The molecule has 2 aromatic rings. The number of benzene rings is 1. The molecule has 1 aromatic heterocycles. The number of fused-ring (bicyclic) bond motifs is 1. The molecule has 0 bridgehead atoms. The van der Waals surface area contributed by atoms with Crippen molar-refractivity contribution >= 4 is 23.4 Å². The number of urea groups is 1. The summed E-state index contributed by atoms with van der Waals surface area (Å²) in [4.78, 5) is 27.6. The van der Waals surface area contributed by atoms with Crippen molar-refractivity contribution in [2.75, 3.05) is 36.6 Å². The van der Waals surface area contributed by atoms with E-state index in [1.807, 2.05) is 0 Å². The average Bonchev–Trinajstić information content (AvgIpc) is 3.29. The first-order chi connectivity index (χ1) is 11.7. The van der Waals surface area contributed by atoms with E-state index in [1.165, 1.54) is 17.2 Å². The maximum Gasteiger partial charge on any atom is 0.325 e. The molecule has 4 rings (SSSR count). The Kier molecular flexibility index (Phi) is 3.45. The number of carbonyl (C=O) groups excluding carboxylic acids is 2. The molecule has 124 valence electrons. The Balaban J connectivity index is 1.41. The molecule has 1 aromatic carbocycles. The van der Waals surface area contributed by atoms with E-state index in [0.29, 0.717) is 36.1 Å². The largest absolute Gasteiger partial charge is 0.454 e. The van der Waals surface area contributed by atoms with Crippen LogP contribution in [0.15, 0.2) is 35.1 Å². The van der Waals surface area contributed by atoms with Crippen LogP contribution in [-0.4, -0.2) is 48.4 Å². The lowest BCUT2D eigenvalue weighted by Crippen LogP contribution is -2.37. The molecule has 9 nitrogen and oxygen atoms in total. The van der Waals surface area contributed by atoms with Crippen LogP contribution < -0.4 is 19.7 Å². The summed E-state index contributed by atoms with van der Waals surface area (Å²) in [5, 5.41) is 6.16. The molecule has 1 N–H and O–H groups in total. The van der Waals surface area contributed by atoms with Crippen LogP contribution in [-0.2, 0) is 4.79 Å². The second-order valence-electron chi connectivity index (χ2n) is 5.33. The van der Waals surface area contributed by atoms with E-state index in [2.05, 4.69) is 15.0 Å². The van der Waals surface area contributed by atoms with E-state index in [1.54, 1.807) is 23.1 Å². The molecule has 1 fully saturated rings. The van der Waals surface area contributed by atoms with E-state index in [0.717, 1.165) is 0 Å². The van der Waals surface area contributed by atoms with Gasteiger partial charge >= 0.3 is 6.03 Å². The number of carbonyl (C=O) groups is 2. The van der Waals surface area contributed by atoms with Crippen LogP contribution >= 0.6 is 0 Å². The molecule has 3 heterocycles. The van der Waals surface area contributed by atoms with Crippen LogP contribution in [0.5, 0.6) is 11.5 Å². The minimum Gasteiger partial charge on any atom is -0.454 e. The number of amides is 3. The smallest absolute Gasteiger partial charge is 0.325 e. The van der Waals surface area contributed by atoms with Crippen LogP contribution in [0, 0.1) is 0 Å². The van der Waals surface area contributed by atoms with Crippen molar-refractivity contribution in [3.63, 3.8) is 0 Å². The van der Waals surface area contributed by atoms with E-state index in [4.69, 9.17) is 9.47 Å². The van der Waals surface area contributed by atoms with Gasteiger partial charge in [-0.25, -0.2) is 4.79 Å². The van der Waals surface area contributed by atoms with Gasteiger partial charge in [0.2, 0.25) is 12.7 Å². The summed E-state index contributed by atoms with van der Waals surface area (Å²) in [5.74, 6) is 1.26. The maximum absolute atomic E-state index is 12.5. The van der Waals surface area contributed by atoms with E-state index in [9.17, 15) is 9.59 Å². The fraction of sp³-hybridized carbons (Fsp3) is 0.267. The van der Waals surface area contributed by atoms with Crippen molar-refractivity contribution in [2.45, 2.75) is 0 Å². The molecule has 0 atom stereocenters. The highest BCUT2D eigenvalue weighted by Crippen LogP contribution is 2.36. The number of anilines is 2. The van der Waals surface area contributed by atoms with Crippen molar-refractivity contribution < 1.29 is 23.6 Å². The number of hydrogen-bond donors (Lipinski definition) is 1. The van der Waals surface area contributed by atoms with E-state index < -0.39 is 0 Å². The van der Waals surface area contributed by atoms with Gasteiger partial charge in [-0.3, -0.25) is 9.69 Å². The van der Waals surface area contributed by atoms with Gasteiger partial charge in [0.15, 0.2) is 17.3 Å². The SMILES string of the molecule is O=C(CN1CCN(c2ccc3c(c2)OCO3)C1=O)Nc1ccon1. The van der Waals surface area contributed by atoms with Crippen molar-refractivity contribution in [3.05, 3.63) is 30.5 Å². The molecular weight excluding hydrogens is 316 g/mol. The molecular formula is C15H14N4O5. The molecule has 2 aliphatic heterocycles. The number of aromatic nitrogens is 1. The second kappa shape index (κ2) is 5.76. The second-order valence-corrected chi connectivity index (χ2v) is 5.33. The molecule has 0 spiro atoms. The normalized spacial score (nSPS) is 15.9. The van der Waals surface area contributed by atoms with Gasteiger partial charge in [-0.15, -0.1) is 0 Å². The van der Waals surface area contributed by atoms with Crippen LogP contribution in [0.1, 0.15) is 0 Å². The summed E-state index contributed by atoms with van der Waals surface area (Å²) in [7, 11) is 0. The predicted molar refractivity (Wildman–Crippen MR) is 82.0 cm³/mol. The van der Waals surface area contributed by atoms with Gasteiger partial charge in [0, 0.05) is 30.9 Å². The molecule has 2 aliphatic rings. The summed E-state index contributed by atoms with van der Waals surface area (Å²) in [6, 6.07) is 6.63. The highest BCUT2D eigenvalue weighted by atomic mass is 16.7. The first kappa shape index (κ1) is 14.4. The maximum atomic E-state index is 12.5. The Hall–Kier alpha value is -3.23. The topological polar surface area (TPSA) is 97.1 Å². The number of hydrogen-bond acceptors (Lipinski definition) is 6. The Morgan fingerprint density at radius 3 is 2.92 bits per heavy atom. The van der Waals surface area contributed by atoms with Crippen LogP contribution in [0.4, 0.5) is 16.3 Å². The molecule has 0 aliphatic carbocycles. The first-order valence-electron chi connectivity index (χ1n) is 7.37. The zero-order valence-electron chi connectivity index (χ0n) is 12.6. The first-order valence-corrected chi connectivity index (χ1v) is 7.37. The third-order valence-corrected chi connectivity index (χ3v) is 3.80. The summed E-state index contributed by atoms with van der Waals surface area (Å²) >= 11 is 0. The molecule has 0 unspecified atom stereocenters. The van der Waals surface area contributed by atoms with Crippen molar-refractivity contribution in [2.24, 2.45) is 0 Å². The quantitative estimate of drug-likeness (QED) is 0.907. The minimum absolute atomic E-state index is 0.0489. The van der Waals surface area contributed by atoms with Gasteiger partial charge in [-0.2, -0.15) is 0 Å². The lowest BCUT2D eigenvalue weighted by molar-refractivity contribution is -0.116. The number of rotatable bonds is 4. The Morgan fingerprint density at radius 1 is 1.21 bits per heavy atom. The van der Waals surface area contributed by atoms with E-state index in [-0.39, 0.29) is 25.3 Å². The van der Waals surface area contributed by atoms with Gasteiger partial charge < -0.3 is 24.2 Å². The van der Waals surface area contributed by atoms with E-state index >= 15 is 0 Å².